The highest BCUT2D eigenvalue weighted by molar-refractivity contribution is 7.92. The average Bonchev–Trinajstić information content (AvgIpc) is 2.56. The van der Waals surface area contributed by atoms with Crippen LogP contribution in [0.3, 0.4) is 0 Å². The molecular weight excluding hydrogens is 310 g/mol. The third-order valence-corrected chi connectivity index (χ3v) is 5.14. The molecule has 2 aromatic rings. The summed E-state index contributed by atoms with van der Waals surface area (Å²) in [5, 5.41) is 0. The summed E-state index contributed by atoms with van der Waals surface area (Å²) in [6.45, 7) is 2.55. The molecule has 0 unspecified atom stereocenters. The number of hydrogen-bond donors (Lipinski definition) is 0. The minimum atomic E-state index is -3.63. The lowest BCUT2D eigenvalue weighted by Gasteiger charge is -2.22. The van der Waals surface area contributed by atoms with Gasteiger partial charge in [0, 0.05) is 12.2 Å². The Hall–Kier alpha value is -2.14. The number of rotatable bonds is 7. The highest BCUT2D eigenvalue weighted by Crippen LogP contribution is 2.17. The van der Waals surface area contributed by atoms with Crippen LogP contribution >= 0.6 is 0 Å². The van der Waals surface area contributed by atoms with E-state index in [9.17, 15) is 13.2 Å². The number of para-hydroxylation sites is 1. The third-order valence-electron chi connectivity index (χ3n) is 3.52. The van der Waals surface area contributed by atoms with Crippen molar-refractivity contribution in [1.82, 2.24) is 0 Å². The normalized spacial score (nSPS) is 11.2. The number of unbranched alkanes of at least 4 members (excludes halogenated alkanes) is 1. The van der Waals surface area contributed by atoms with Gasteiger partial charge in [-0.15, -0.1) is 0 Å². The van der Waals surface area contributed by atoms with Gasteiger partial charge in [0.2, 0.25) is 5.91 Å². The van der Waals surface area contributed by atoms with Gasteiger partial charge >= 0.3 is 0 Å². The fourth-order valence-corrected chi connectivity index (χ4v) is 3.49. The molecule has 1 amide bonds. The summed E-state index contributed by atoms with van der Waals surface area (Å²) in [5.41, 5.74) is 0.731. The zero-order valence-corrected chi connectivity index (χ0v) is 14.0. The van der Waals surface area contributed by atoms with Crippen molar-refractivity contribution in [3.8, 4) is 0 Å². The van der Waals surface area contributed by atoms with Gasteiger partial charge in [-0.25, -0.2) is 8.42 Å². The van der Waals surface area contributed by atoms with E-state index in [1.165, 1.54) is 12.1 Å². The van der Waals surface area contributed by atoms with Crippen LogP contribution in [0.1, 0.15) is 19.8 Å². The molecule has 0 saturated heterocycles. The molecule has 0 aliphatic rings. The predicted molar refractivity (Wildman–Crippen MR) is 92.2 cm³/mol. The number of carbonyl (C=O) groups excluding carboxylic acids is 1. The summed E-state index contributed by atoms with van der Waals surface area (Å²) in [6, 6.07) is 17.3. The third kappa shape index (κ3) is 4.66. The van der Waals surface area contributed by atoms with Gasteiger partial charge in [-0.3, -0.25) is 4.79 Å². The molecule has 0 heterocycles. The lowest BCUT2D eigenvalue weighted by Crippen LogP contribution is -2.36. The maximum absolute atomic E-state index is 12.6. The molecule has 0 spiro atoms. The van der Waals surface area contributed by atoms with E-state index >= 15 is 0 Å². The monoisotopic (exact) mass is 331 g/mol. The maximum Gasteiger partial charge on any atom is 0.242 e. The number of anilines is 1. The molecule has 0 radical (unpaired) electrons. The molecule has 5 heteroatoms. The summed E-state index contributed by atoms with van der Waals surface area (Å²) < 4.78 is 24.8. The van der Waals surface area contributed by atoms with Gasteiger partial charge in [0.15, 0.2) is 9.84 Å². The lowest BCUT2D eigenvalue weighted by atomic mass is 10.2. The second-order valence-electron chi connectivity index (χ2n) is 5.31. The zero-order valence-electron chi connectivity index (χ0n) is 13.2. The first-order valence-corrected chi connectivity index (χ1v) is 9.33. The Morgan fingerprint density at radius 3 is 2.09 bits per heavy atom. The van der Waals surface area contributed by atoms with E-state index in [4.69, 9.17) is 0 Å². The van der Waals surface area contributed by atoms with Crippen LogP contribution in [0, 0.1) is 0 Å². The van der Waals surface area contributed by atoms with Gasteiger partial charge in [0.05, 0.1) is 4.90 Å². The summed E-state index contributed by atoms with van der Waals surface area (Å²) in [7, 11) is -3.63. The van der Waals surface area contributed by atoms with E-state index in [1.807, 2.05) is 37.3 Å². The largest absolute Gasteiger partial charge is 0.312 e. The highest BCUT2D eigenvalue weighted by atomic mass is 32.2. The first-order chi connectivity index (χ1) is 11.0. The first kappa shape index (κ1) is 17.2. The minimum Gasteiger partial charge on any atom is -0.312 e. The molecule has 23 heavy (non-hydrogen) atoms. The standard InChI is InChI=1S/C18H21NO3S/c1-2-3-14-19(16-10-6-4-7-11-16)18(20)15-23(21,22)17-12-8-5-9-13-17/h4-13H,2-3,14-15H2,1H3. The van der Waals surface area contributed by atoms with Crippen molar-refractivity contribution in [1.29, 1.82) is 0 Å². The topological polar surface area (TPSA) is 54.5 Å². The molecule has 0 atom stereocenters. The van der Waals surface area contributed by atoms with Gasteiger partial charge in [-0.1, -0.05) is 49.7 Å². The number of hydrogen-bond acceptors (Lipinski definition) is 3. The second-order valence-corrected chi connectivity index (χ2v) is 7.30. The Labute approximate surface area is 137 Å². The van der Waals surface area contributed by atoms with Crippen LogP contribution in [0.25, 0.3) is 0 Å². The summed E-state index contributed by atoms with van der Waals surface area (Å²) in [4.78, 5) is 14.3. The summed E-state index contributed by atoms with van der Waals surface area (Å²) >= 11 is 0. The lowest BCUT2D eigenvalue weighted by molar-refractivity contribution is -0.116. The number of carbonyl (C=O) groups is 1. The van der Waals surface area contributed by atoms with Crippen molar-refractivity contribution in [2.24, 2.45) is 0 Å². The molecule has 0 bridgehead atoms. The zero-order chi connectivity index (χ0) is 16.7. The Morgan fingerprint density at radius 2 is 1.52 bits per heavy atom. The number of amides is 1. The quantitative estimate of drug-likeness (QED) is 0.782. The van der Waals surface area contributed by atoms with Crippen molar-refractivity contribution in [3.63, 3.8) is 0 Å². The van der Waals surface area contributed by atoms with Crippen molar-refractivity contribution in [3.05, 3.63) is 60.7 Å². The fraction of sp³-hybridized carbons (Fsp3) is 0.278. The maximum atomic E-state index is 12.6. The van der Waals surface area contributed by atoms with Crippen molar-refractivity contribution < 1.29 is 13.2 Å². The molecule has 2 aromatic carbocycles. The number of sulfone groups is 1. The summed E-state index contributed by atoms with van der Waals surface area (Å²) in [5.74, 6) is -0.913. The number of nitrogens with zero attached hydrogens (tertiary/aromatic N) is 1. The molecular formula is C18H21NO3S. The Balaban J connectivity index is 2.21. The molecule has 0 aliphatic heterocycles. The Morgan fingerprint density at radius 1 is 0.957 bits per heavy atom. The van der Waals surface area contributed by atoms with Crippen LogP contribution in [-0.2, 0) is 14.6 Å². The fourth-order valence-electron chi connectivity index (χ4n) is 2.27. The van der Waals surface area contributed by atoms with Crippen LogP contribution in [-0.4, -0.2) is 26.6 Å². The highest BCUT2D eigenvalue weighted by Gasteiger charge is 2.24. The molecule has 0 aromatic heterocycles. The first-order valence-electron chi connectivity index (χ1n) is 7.68. The molecule has 122 valence electrons. The summed E-state index contributed by atoms with van der Waals surface area (Å²) in [6.07, 6.45) is 1.76. The molecule has 0 fully saturated rings. The SMILES string of the molecule is CCCCN(C(=O)CS(=O)(=O)c1ccccc1)c1ccccc1. The van der Waals surface area contributed by atoms with Gasteiger partial charge < -0.3 is 4.90 Å². The van der Waals surface area contributed by atoms with Crippen LogP contribution in [0.2, 0.25) is 0 Å². The second kappa shape index (κ2) is 7.92. The molecule has 0 saturated carbocycles. The van der Waals surface area contributed by atoms with Gasteiger partial charge in [0.25, 0.3) is 0 Å². The van der Waals surface area contributed by atoms with Gasteiger partial charge in [-0.2, -0.15) is 0 Å². The molecule has 2 rings (SSSR count). The van der Waals surface area contributed by atoms with Crippen molar-refractivity contribution in [2.45, 2.75) is 24.7 Å². The van der Waals surface area contributed by atoms with Crippen molar-refractivity contribution >= 4 is 21.4 Å². The van der Waals surface area contributed by atoms with Crippen molar-refractivity contribution in [2.75, 3.05) is 17.2 Å². The van der Waals surface area contributed by atoms with Gasteiger partial charge in [-0.05, 0) is 30.7 Å². The molecule has 0 N–H and O–H groups in total. The number of benzene rings is 2. The van der Waals surface area contributed by atoms with Crippen LogP contribution in [0.5, 0.6) is 0 Å². The Kier molecular flexibility index (Phi) is 5.93. The van der Waals surface area contributed by atoms with E-state index in [-0.39, 0.29) is 4.90 Å². The Bertz CT molecular complexity index is 727. The average molecular weight is 331 g/mol. The van der Waals surface area contributed by atoms with Gasteiger partial charge in [0.1, 0.15) is 5.75 Å². The van der Waals surface area contributed by atoms with E-state index in [0.717, 1.165) is 18.5 Å². The van der Waals surface area contributed by atoms with E-state index < -0.39 is 21.5 Å². The van der Waals surface area contributed by atoms with E-state index in [1.54, 1.807) is 23.1 Å². The van der Waals surface area contributed by atoms with E-state index in [0.29, 0.717) is 6.54 Å². The molecule has 0 aliphatic carbocycles. The minimum absolute atomic E-state index is 0.178. The van der Waals surface area contributed by atoms with E-state index in [2.05, 4.69) is 0 Å². The molecule has 4 nitrogen and oxygen atoms in total. The van der Waals surface area contributed by atoms with Crippen LogP contribution in [0.4, 0.5) is 5.69 Å². The van der Waals surface area contributed by atoms with Crippen LogP contribution < -0.4 is 4.90 Å². The smallest absolute Gasteiger partial charge is 0.242 e. The predicted octanol–water partition coefficient (Wildman–Crippen LogP) is 3.29. The van der Waals surface area contributed by atoms with Crippen LogP contribution in [0.15, 0.2) is 65.6 Å².